The molecule has 0 aliphatic rings. The normalized spacial score (nSPS) is 11.4. The van der Waals surface area contributed by atoms with E-state index in [-0.39, 0.29) is 0 Å². The maximum absolute atomic E-state index is 6.22. The summed E-state index contributed by atoms with van der Waals surface area (Å²) in [7, 11) is 1.97. The summed E-state index contributed by atoms with van der Waals surface area (Å²) in [6.07, 6.45) is 1.70. The van der Waals surface area contributed by atoms with Gasteiger partial charge in [0.1, 0.15) is 0 Å². The molecule has 16 heavy (non-hydrogen) atoms. The van der Waals surface area contributed by atoms with Crippen LogP contribution in [0.5, 0.6) is 0 Å². The molecule has 80 valence electrons. The molecular weight excluding hydrogens is 243 g/mol. The highest BCUT2D eigenvalue weighted by molar-refractivity contribution is 6.40. The van der Waals surface area contributed by atoms with Crippen molar-refractivity contribution in [3.8, 4) is 0 Å². The van der Waals surface area contributed by atoms with Crippen molar-refractivity contribution in [2.45, 2.75) is 0 Å². The summed E-state index contributed by atoms with van der Waals surface area (Å²) in [4.78, 5) is 4.09. The third-order valence-electron chi connectivity index (χ3n) is 2.84. The van der Waals surface area contributed by atoms with Crippen LogP contribution in [-0.4, -0.2) is 9.55 Å². The van der Waals surface area contributed by atoms with E-state index in [1.807, 2.05) is 35.9 Å². The number of benzene rings is 1. The third kappa shape index (κ3) is 1.17. The molecule has 4 heteroatoms. The molecule has 3 aromatic rings. The van der Waals surface area contributed by atoms with Gasteiger partial charge < -0.3 is 4.57 Å². The molecule has 0 fully saturated rings. The summed E-state index contributed by atoms with van der Waals surface area (Å²) in [5.41, 5.74) is 1.99. The van der Waals surface area contributed by atoms with E-state index in [1.54, 1.807) is 6.20 Å². The Balaban J connectivity index is 2.71. The first kappa shape index (κ1) is 9.94. The van der Waals surface area contributed by atoms with Crippen LogP contribution >= 0.6 is 23.2 Å². The van der Waals surface area contributed by atoms with Crippen LogP contribution in [0.3, 0.4) is 0 Å². The molecular formula is C12H8Cl2N2. The van der Waals surface area contributed by atoms with Crippen molar-refractivity contribution in [2.24, 2.45) is 7.05 Å². The monoisotopic (exact) mass is 250 g/mol. The Morgan fingerprint density at radius 2 is 2.00 bits per heavy atom. The lowest BCUT2D eigenvalue weighted by atomic mass is 10.2. The Hall–Kier alpha value is -1.25. The van der Waals surface area contributed by atoms with Gasteiger partial charge in [0.2, 0.25) is 0 Å². The van der Waals surface area contributed by atoms with Crippen molar-refractivity contribution >= 4 is 45.0 Å². The fourth-order valence-corrected chi connectivity index (χ4v) is 2.68. The average Bonchev–Trinajstić information content (AvgIpc) is 2.56. The second-order valence-electron chi connectivity index (χ2n) is 3.69. The van der Waals surface area contributed by atoms with Crippen LogP contribution < -0.4 is 0 Å². The van der Waals surface area contributed by atoms with E-state index in [0.717, 1.165) is 26.8 Å². The summed E-state index contributed by atoms with van der Waals surface area (Å²) in [5.74, 6) is 0. The summed E-state index contributed by atoms with van der Waals surface area (Å²) in [6, 6.07) is 7.79. The molecule has 2 nitrogen and oxygen atoms in total. The molecule has 1 aromatic carbocycles. The fraction of sp³-hybridized carbons (Fsp3) is 0.0833. The Morgan fingerprint density at radius 3 is 2.81 bits per heavy atom. The quantitative estimate of drug-likeness (QED) is 0.551. The number of hydrogen-bond acceptors (Lipinski definition) is 1. The van der Waals surface area contributed by atoms with E-state index in [4.69, 9.17) is 23.2 Å². The lowest BCUT2D eigenvalue weighted by Gasteiger charge is -1.98. The van der Waals surface area contributed by atoms with Crippen LogP contribution in [0.1, 0.15) is 0 Å². The Kier molecular flexibility index (Phi) is 2.09. The molecule has 3 rings (SSSR count). The zero-order valence-electron chi connectivity index (χ0n) is 8.54. The van der Waals surface area contributed by atoms with Gasteiger partial charge in [-0.3, -0.25) is 0 Å². The molecule has 2 heterocycles. The molecule has 0 N–H and O–H groups in total. The molecule has 0 bridgehead atoms. The molecule has 0 radical (unpaired) electrons. The minimum atomic E-state index is 0.507. The second-order valence-corrected chi connectivity index (χ2v) is 4.46. The Labute approximate surface area is 102 Å². The van der Waals surface area contributed by atoms with E-state index in [9.17, 15) is 0 Å². The highest BCUT2D eigenvalue weighted by Crippen LogP contribution is 2.35. The van der Waals surface area contributed by atoms with Crippen LogP contribution in [-0.2, 0) is 7.05 Å². The predicted octanol–water partition coefficient (Wildman–Crippen LogP) is 4.03. The van der Waals surface area contributed by atoms with Gasteiger partial charge in [0.05, 0.1) is 16.1 Å². The van der Waals surface area contributed by atoms with Gasteiger partial charge in [0, 0.05) is 24.0 Å². The number of aromatic nitrogens is 2. The molecule has 0 saturated carbocycles. The topological polar surface area (TPSA) is 17.8 Å². The number of halogens is 2. The molecule has 0 unspecified atom stereocenters. The summed E-state index contributed by atoms with van der Waals surface area (Å²) in [6.45, 7) is 0. The van der Waals surface area contributed by atoms with Gasteiger partial charge in [-0.15, -0.1) is 0 Å². The second kappa shape index (κ2) is 3.37. The van der Waals surface area contributed by atoms with Crippen LogP contribution in [0.15, 0.2) is 30.5 Å². The van der Waals surface area contributed by atoms with Crippen LogP contribution in [0.2, 0.25) is 10.2 Å². The number of aryl methyl sites for hydroxylation is 1. The summed E-state index contributed by atoms with van der Waals surface area (Å²) in [5, 5.41) is 3.33. The van der Waals surface area contributed by atoms with E-state index in [1.165, 1.54) is 0 Å². The van der Waals surface area contributed by atoms with Gasteiger partial charge in [0.25, 0.3) is 0 Å². The van der Waals surface area contributed by atoms with E-state index >= 15 is 0 Å². The van der Waals surface area contributed by atoms with Gasteiger partial charge in [0.15, 0.2) is 5.15 Å². The number of fused-ring (bicyclic) bond motifs is 3. The average molecular weight is 251 g/mol. The van der Waals surface area contributed by atoms with Gasteiger partial charge in [-0.2, -0.15) is 0 Å². The zero-order chi connectivity index (χ0) is 11.3. The Morgan fingerprint density at radius 1 is 1.19 bits per heavy atom. The molecule has 0 spiro atoms. The highest BCUT2D eigenvalue weighted by Gasteiger charge is 2.13. The third-order valence-corrected chi connectivity index (χ3v) is 3.43. The minimum Gasteiger partial charge on any atom is -0.341 e. The smallest absolute Gasteiger partial charge is 0.153 e. The molecule has 0 amide bonds. The minimum absolute atomic E-state index is 0.507. The maximum atomic E-state index is 6.22. The molecule has 0 atom stereocenters. The van der Waals surface area contributed by atoms with E-state index in [0.29, 0.717) is 5.15 Å². The van der Waals surface area contributed by atoms with Gasteiger partial charge >= 0.3 is 0 Å². The van der Waals surface area contributed by atoms with Crippen molar-refractivity contribution in [3.63, 3.8) is 0 Å². The van der Waals surface area contributed by atoms with Crippen LogP contribution in [0, 0.1) is 0 Å². The molecule has 0 aliphatic heterocycles. The lowest BCUT2D eigenvalue weighted by molar-refractivity contribution is 1.01. The number of pyridine rings is 1. The fourth-order valence-electron chi connectivity index (χ4n) is 2.13. The highest BCUT2D eigenvalue weighted by atomic mass is 35.5. The summed E-state index contributed by atoms with van der Waals surface area (Å²) >= 11 is 12.3. The number of nitrogens with zero attached hydrogens (tertiary/aromatic N) is 2. The molecule has 0 aliphatic carbocycles. The zero-order valence-corrected chi connectivity index (χ0v) is 10.0. The van der Waals surface area contributed by atoms with E-state index in [2.05, 4.69) is 4.98 Å². The number of rotatable bonds is 0. The van der Waals surface area contributed by atoms with Crippen molar-refractivity contribution in [1.82, 2.24) is 9.55 Å². The van der Waals surface area contributed by atoms with Gasteiger partial charge in [-0.25, -0.2) is 4.98 Å². The maximum Gasteiger partial charge on any atom is 0.153 e. The van der Waals surface area contributed by atoms with Crippen molar-refractivity contribution in [2.75, 3.05) is 0 Å². The van der Waals surface area contributed by atoms with E-state index < -0.39 is 0 Å². The van der Waals surface area contributed by atoms with Gasteiger partial charge in [-0.1, -0.05) is 29.3 Å². The molecule has 0 saturated heterocycles. The standard InChI is InChI=1S/C12H8Cl2N2/c1-16-9-4-2-3-8(13)10(9)7-5-6-15-12(14)11(7)16/h2-6H,1H3. The van der Waals surface area contributed by atoms with Crippen LogP contribution in [0.25, 0.3) is 21.8 Å². The first-order chi connectivity index (χ1) is 7.70. The molecule has 2 aromatic heterocycles. The van der Waals surface area contributed by atoms with Crippen molar-refractivity contribution in [1.29, 1.82) is 0 Å². The van der Waals surface area contributed by atoms with Gasteiger partial charge in [-0.05, 0) is 18.2 Å². The number of hydrogen-bond donors (Lipinski definition) is 0. The van der Waals surface area contributed by atoms with Crippen LogP contribution in [0.4, 0.5) is 0 Å². The predicted molar refractivity (Wildman–Crippen MR) is 68.2 cm³/mol. The SMILES string of the molecule is Cn1c2cccc(Cl)c2c2ccnc(Cl)c21. The van der Waals surface area contributed by atoms with Crippen molar-refractivity contribution < 1.29 is 0 Å². The first-order valence-electron chi connectivity index (χ1n) is 4.87. The largest absolute Gasteiger partial charge is 0.341 e. The summed E-state index contributed by atoms with van der Waals surface area (Å²) < 4.78 is 2.02. The first-order valence-corrected chi connectivity index (χ1v) is 5.63. The van der Waals surface area contributed by atoms with Crippen molar-refractivity contribution in [3.05, 3.63) is 40.6 Å². The Bertz CT molecular complexity index is 701. The lowest BCUT2D eigenvalue weighted by Crippen LogP contribution is -1.88.